The highest BCUT2D eigenvalue weighted by Gasteiger charge is 1.96. The fraction of sp³-hybridized carbons (Fsp3) is 0.158. The molecule has 2 heteroatoms. The summed E-state index contributed by atoms with van der Waals surface area (Å²) in [5, 5.41) is 6.64. The van der Waals surface area contributed by atoms with E-state index in [9.17, 15) is 0 Å². The Bertz CT molecular complexity index is 634. The Morgan fingerprint density at radius 1 is 0.810 bits per heavy atom. The molecule has 2 N–H and O–H groups in total. The average Bonchev–Trinajstić information content (AvgIpc) is 2.44. The summed E-state index contributed by atoms with van der Waals surface area (Å²) in [5.74, 6) is 0. The summed E-state index contributed by atoms with van der Waals surface area (Å²) in [6.45, 7) is 10.2. The lowest BCUT2D eigenvalue weighted by Gasteiger charge is -2.10. The number of hydrogen-bond donors (Lipinski definition) is 2. The highest BCUT2D eigenvalue weighted by molar-refractivity contribution is 5.53. The van der Waals surface area contributed by atoms with Crippen LogP contribution in [0.25, 0.3) is 0 Å². The van der Waals surface area contributed by atoms with E-state index in [0.29, 0.717) is 0 Å². The van der Waals surface area contributed by atoms with Gasteiger partial charge in [0, 0.05) is 22.8 Å². The van der Waals surface area contributed by atoms with Crippen molar-refractivity contribution in [2.45, 2.75) is 20.8 Å². The van der Waals surface area contributed by atoms with Gasteiger partial charge < -0.3 is 10.6 Å². The van der Waals surface area contributed by atoms with E-state index in [2.05, 4.69) is 79.6 Å². The Balaban J connectivity index is 1.96. The van der Waals surface area contributed by atoms with E-state index in [1.165, 1.54) is 11.1 Å². The zero-order valence-corrected chi connectivity index (χ0v) is 12.9. The van der Waals surface area contributed by atoms with Crippen LogP contribution < -0.4 is 10.6 Å². The number of benzene rings is 2. The summed E-state index contributed by atoms with van der Waals surface area (Å²) in [4.78, 5) is 0. The lowest BCUT2D eigenvalue weighted by molar-refractivity contribution is 1.33. The molecule has 0 aromatic heterocycles. The third-order valence-corrected chi connectivity index (χ3v) is 3.14. The van der Waals surface area contributed by atoms with E-state index < -0.39 is 0 Å². The summed E-state index contributed by atoms with van der Waals surface area (Å²) in [6.07, 6.45) is 2.00. The van der Waals surface area contributed by atoms with Crippen LogP contribution in [-0.4, -0.2) is 0 Å². The van der Waals surface area contributed by atoms with Crippen LogP contribution in [-0.2, 0) is 0 Å². The van der Waals surface area contributed by atoms with Gasteiger partial charge in [-0.15, -0.1) is 0 Å². The predicted molar refractivity (Wildman–Crippen MR) is 92.5 cm³/mol. The molecule has 0 unspecified atom stereocenters. The Morgan fingerprint density at radius 2 is 1.24 bits per heavy atom. The molecular weight excluding hydrogens is 256 g/mol. The molecule has 0 aliphatic rings. The first-order valence-corrected chi connectivity index (χ1v) is 7.07. The minimum absolute atomic E-state index is 0.857. The van der Waals surface area contributed by atoms with Crippen molar-refractivity contribution < 1.29 is 0 Å². The Morgan fingerprint density at radius 3 is 1.71 bits per heavy atom. The molecule has 2 nitrogen and oxygen atoms in total. The summed E-state index contributed by atoms with van der Waals surface area (Å²) in [5.41, 5.74) is 6.54. The Labute approximate surface area is 127 Å². The van der Waals surface area contributed by atoms with Crippen LogP contribution in [0.2, 0.25) is 0 Å². The van der Waals surface area contributed by atoms with Gasteiger partial charge in [-0.1, -0.05) is 42.0 Å². The lowest BCUT2D eigenvalue weighted by Crippen LogP contribution is -2.00. The van der Waals surface area contributed by atoms with E-state index in [4.69, 9.17) is 0 Å². The van der Waals surface area contributed by atoms with Gasteiger partial charge in [-0.25, -0.2) is 0 Å². The molecule has 0 amide bonds. The third-order valence-electron chi connectivity index (χ3n) is 3.14. The van der Waals surface area contributed by atoms with Crippen LogP contribution in [0.5, 0.6) is 0 Å². The molecular formula is C19H22N2. The quantitative estimate of drug-likeness (QED) is 0.730. The van der Waals surface area contributed by atoms with Crippen molar-refractivity contribution in [1.82, 2.24) is 0 Å². The van der Waals surface area contributed by atoms with Crippen molar-refractivity contribution in [1.29, 1.82) is 0 Å². The molecule has 0 spiro atoms. The van der Waals surface area contributed by atoms with Crippen LogP contribution >= 0.6 is 0 Å². The van der Waals surface area contributed by atoms with Gasteiger partial charge in [0.2, 0.25) is 0 Å². The van der Waals surface area contributed by atoms with Crippen molar-refractivity contribution >= 4 is 11.4 Å². The van der Waals surface area contributed by atoms with Crippen LogP contribution in [0, 0.1) is 13.8 Å². The molecule has 0 fully saturated rings. The van der Waals surface area contributed by atoms with Crippen molar-refractivity contribution in [2.75, 3.05) is 10.6 Å². The normalized spacial score (nSPS) is 11.1. The topological polar surface area (TPSA) is 24.1 Å². The second-order valence-electron chi connectivity index (χ2n) is 5.33. The van der Waals surface area contributed by atoms with Crippen molar-refractivity contribution in [3.63, 3.8) is 0 Å². The fourth-order valence-corrected chi connectivity index (χ4v) is 2.02. The average molecular weight is 278 g/mol. The lowest BCUT2D eigenvalue weighted by atomic mass is 10.2. The standard InChI is InChI=1S/C19H22N2/c1-14-5-9-18(10-6-14)20-16(3)13-17(4)21-19-11-7-15(2)8-12-19/h5-13,20-21H,3H2,1-2,4H3/b17-13+. The Kier molecular flexibility index (Phi) is 4.83. The highest BCUT2D eigenvalue weighted by atomic mass is 14.9. The smallest absolute Gasteiger partial charge is 0.0384 e. The molecule has 0 saturated carbocycles. The second-order valence-corrected chi connectivity index (χ2v) is 5.33. The molecule has 0 bridgehead atoms. The fourth-order valence-electron chi connectivity index (χ4n) is 2.02. The molecule has 2 aromatic rings. The van der Waals surface area contributed by atoms with Crippen molar-refractivity contribution in [3.8, 4) is 0 Å². The van der Waals surface area contributed by atoms with Gasteiger partial charge in [0.05, 0.1) is 0 Å². The summed E-state index contributed by atoms with van der Waals surface area (Å²) in [6, 6.07) is 16.6. The van der Waals surface area contributed by atoms with E-state index in [1.807, 2.05) is 13.0 Å². The molecule has 0 saturated heterocycles. The highest BCUT2D eigenvalue weighted by Crippen LogP contribution is 2.14. The van der Waals surface area contributed by atoms with Gasteiger partial charge in [0.25, 0.3) is 0 Å². The first-order chi connectivity index (χ1) is 10.0. The Hall–Kier alpha value is -2.48. The second kappa shape index (κ2) is 6.80. The van der Waals surface area contributed by atoms with E-state index >= 15 is 0 Å². The van der Waals surface area contributed by atoms with Gasteiger partial charge in [-0.3, -0.25) is 0 Å². The number of anilines is 2. The summed E-state index contributed by atoms with van der Waals surface area (Å²) >= 11 is 0. The molecule has 2 aromatic carbocycles. The zero-order chi connectivity index (χ0) is 15.2. The first-order valence-electron chi connectivity index (χ1n) is 7.07. The number of hydrogen-bond acceptors (Lipinski definition) is 2. The number of allylic oxidation sites excluding steroid dienone is 2. The van der Waals surface area contributed by atoms with E-state index in [1.54, 1.807) is 0 Å². The summed E-state index contributed by atoms with van der Waals surface area (Å²) < 4.78 is 0. The van der Waals surface area contributed by atoms with E-state index in [0.717, 1.165) is 22.8 Å². The first kappa shape index (κ1) is 14.9. The molecule has 0 atom stereocenters. The molecule has 2 rings (SSSR count). The van der Waals surface area contributed by atoms with Gasteiger partial charge in [0.1, 0.15) is 0 Å². The third kappa shape index (κ3) is 4.84. The van der Waals surface area contributed by atoms with Gasteiger partial charge in [-0.2, -0.15) is 0 Å². The molecule has 0 heterocycles. The van der Waals surface area contributed by atoms with Crippen LogP contribution in [0.3, 0.4) is 0 Å². The SMILES string of the molecule is C=C(/C=C(\C)Nc1ccc(C)cc1)Nc1ccc(C)cc1. The molecule has 21 heavy (non-hydrogen) atoms. The van der Waals surface area contributed by atoms with Crippen LogP contribution in [0.15, 0.2) is 72.6 Å². The maximum Gasteiger partial charge on any atom is 0.0384 e. The molecule has 0 aliphatic heterocycles. The molecule has 0 aliphatic carbocycles. The van der Waals surface area contributed by atoms with E-state index in [-0.39, 0.29) is 0 Å². The molecule has 0 radical (unpaired) electrons. The van der Waals surface area contributed by atoms with Crippen LogP contribution in [0.4, 0.5) is 11.4 Å². The molecule has 108 valence electrons. The minimum atomic E-state index is 0.857. The number of aryl methyl sites for hydroxylation is 2. The number of rotatable bonds is 5. The maximum absolute atomic E-state index is 4.04. The van der Waals surface area contributed by atoms with Crippen molar-refractivity contribution in [2.24, 2.45) is 0 Å². The van der Waals surface area contributed by atoms with Gasteiger partial charge in [-0.05, 0) is 51.1 Å². The minimum Gasteiger partial charge on any atom is -0.359 e. The van der Waals surface area contributed by atoms with Crippen molar-refractivity contribution in [3.05, 3.63) is 83.7 Å². The van der Waals surface area contributed by atoms with Gasteiger partial charge >= 0.3 is 0 Å². The monoisotopic (exact) mass is 278 g/mol. The largest absolute Gasteiger partial charge is 0.359 e. The number of nitrogens with one attached hydrogen (secondary N) is 2. The predicted octanol–water partition coefficient (Wildman–Crippen LogP) is 5.24. The maximum atomic E-state index is 4.04. The summed E-state index contributed by atoms with van der Waals surface area (Å²) in [7, 11) is 0. The van der Waals surface area contributed by atoms with Gasteiger partial charge in [0.15, 0.2) is 0 Å². The van der Waals surface area contributed by atoms with Crippen LogP contribution in [0.1, 0.15) is 18.1 Å². The zero-order valence-electron chi connectivity index (χ0n) is 12.9.